The van der Waals surface area contributed by atoms with Gasteiger partial charge in [-0.3, -0.25) is 4.79 Å². The van der Waals surface area contributed by atoms with Crippen molar-refractivity contribution < 1.29 is 18.7 Å². The molecule has 2 atom stereocenters. The van der Waals surface area contributed by atoms with Gasteiger partial charge in [0, 0.05) is 18.1 Å². The van der Waals surface area contributed by atoms with E-state index in [4.69, 9.17) is 23.2 Å². The van der Waals surface area contributed by atoms with Crippen LogP contribution in [0.2, 0.25) is 10.0 Å². The highest BCUT2D eigenvalue weighted by Gasteiger charge is 2.21. The number of rotatable bonds is 6. The fraction of sp³-hybridized carbons (Fsp3) is 0.278. The molecule has 0 aliphatic heterocycles. The van der Waals surface area contributed by atoms with Gasteiger partial charge in [0.15, 0.2) is 0 Å². The van der Waals surface area contributed by atoms with Crippen molar-refractivity contribution in [3.05, 3.63) is 63.6 Å². The van der Waals surface area contributed by atoms with Crippen molar-refractivity contribution in [3.63, 3.8) is 0 Å². The maximum absolute atomic E-state index is 13.7. The van der Waals surface area contributed by atoms with Crippen molar-refractivity contribution >= 4 is 34.8 Å². The summed E-state index contributed by atoms with van der Waals surface area (Å²) in [5.74, 6) is -2.26. The number of anilines is 1. The summed E-state index contributed by atoms with van der Waals surface area (Å²) in [7, 11) is 0. The number of hydrogen-bond donors (Lipinski definition) is 2. The topological polar surface area (TPSA) is 49.3 Å². The van der Waals surface area contributed by atoms with Gasteiger partial charge in [0.25, 0.3) is 0 Å². The number of carbonyl (C=O) groups excluding carboxylic acids is 1. The lowest BCUT2D eigenvalue weighted by molar-refractivity contribution is -0.116. The first-order valence-electron chi connectivity index (χ1n) is 7.66. The molecule has 0 saturated heterocycles. The van der Waals surface area contributed by atoms with E-state index in [2.05, 4.69) is 5.32 Å². The molecule has 25 heavy (non-hydrogen) atoms. The van der Waals surface area contributed by atoms with Gasteiger partial charge in [-0.1, -0.05) is 42.3 Å². The highest BCUT2D eigenvalue weighted by atomic mass is 35.5. The minimum Gasteiger partial charge on any atom is -0.388 e. The number of amides is 1. The summed E-state index contributed by atoms with van der Waals surface area (Å²) in [6.07, 6.45) is -0.758. The van der Waals surface area contributed by atoms with Crippen LogP contribution in [0.3, 0.4) is 0 Å². The smallest absolute Gasteiger partial charge is 0.224 e. The minimum atomic E-state index is -1.14. The number of aliphatic hydroxyl groups excluding tert-OH is 1. The van der Waals surface area contributed by atoms with Crippen molar-refractivity contribution in [2.45, 2.75) is 25.9 Å². The molecule has 2 aromatic carbocycles. The molecule has 7 heteroatoms. The van der Waals surface area contributed by atoms with Crippen LogP contribution in [0.5, 0.6) is 0 Å². The van der Waals surface area contributed by atoms with Crippen LogP contribution < -0.4 is 5.32 Å². The molecule has 3 nitrogen and oxygen atoms in total. The van der Waals surface area contributed by atoms with E-state index >= 15 is 0 Å². The van der Waals surface area contributed by atoms with Gasteiger partial charge in [0.2, 0.25) is 5.91 Å². The number of nitrogens with one attached hydrogen (secondary N) is 1. The Morgan fingerprint density at radius 3 is 2.44 bits per heavy atom. The lowest BCUT2D eigenvalue weighted by atomic mass is 9.93. The Bertz CT molecular complexity index is 750. The fourth-order valence-corrected chi connectivity index (χ4v) is 2.88. The van der Waals surface area contributed by atoms with Gasteiger partial charge in [-0.2, -0.15) is 0 Å². The van der Waals surface area contributed by atoms with Crippen LogP contribution in [-0.2, 0) is 4.79 Å². The Kier molecular flexibility index (Phi) is 6.76. The summed E-state index contributed by atoms with van der Waals surface area (Å²) in [5, 5.41) is 13.5. The summed E-state index contributed by atoms with van der Waals surface area (Å²) in [4.78, 5) is 12.1. The summed E-state index contributed by atoms with van der Waals surface area (Å²) in [6.45, 7) is 1.68. The van der Waals surface area contributed by atoms with E-state index in [1.807, 2.05) is 0 Å². The lowest BCUT2D eigenvalue weighted by Gasteiger charge is -2.19. The second-order valence-corrected chi connectivity index (χ2v) is 6.59. The van der Waals surface area contributed by atoms with E-state index in [1.165, 1.54) is 6.07 Å². The highest BCUT2D eigenvalue weighted by molar-refractivity contribution is 6.39. The van der Waals surface area contributed by atoms with E-state index in [0.717, 1.165) is 12.1 Å². The van der Waals surface area contributed by atoms with Crippen molar-refractivity contribution in [3.8, 4) is 0 Å². The number of carbonyl (C=O) groups is 1. The summed E-state index contributed by atoms with van der Waals surface area (Å²) < 4.78 is 26.7. The Morgan fingerprint density at radius 1 is 1.20 bits per heavy atom. The van der Waals surface area contributed by atoms with Crippen LogP contribution in [0.4, 0.5) is 14.5 Å². The number of aliphatic hydroxyl groups is 1. The molecule has 2 N–H and O–H groups in total. The van der Waals surface area contributed by atoms with Crippen molar-refractivity contribution in [1.82, 2.24) is 0 Å². The van der Waals surface area contributed by atoms with Gasteiger partial charge in [-0.25, -0.2) is 8.78 Å². The Morgan fingerprint density at radius 2 is 1.84 bits per heavy atom. The van der Waals surface area contributed by atoms with E-state index in [1.54, 1.807) is 25.1 Å². The van der Waals surface area contributed by atoms with Crippen molar-refractivity contribution in [2.75, 3.05) is 5.32 Å². The zero-order valence-electron chi connectivity index (χ0n) is 13.4. The molecule has 2 aromatic rings. The van der Waals surface area contributed by atoms with Gasteiger partial charge in [-0.15, -0.1) is 0 Å². The molecule has 0 fully saturated rings. The maximum atomic E-state index is 13.7. The molecule has 1 amide bonds. The normalized spacial score (nSPS) is 13.4. The average molecular weight is 388 g/mol. The molecule has 0 radical (unpaired) electrons. The van der Waals surface area contributed by atoms with E-state index in [-0.39, 0.29) is 17.9 Å². The first-order valence-corrected chi connectivity index (χ1v) is 8.42. The molecule has 2 rings (SSSR count). The molecule has 2 unspecified atom stereocenters. The highest BCUT2D eigenvalue weighted by Crippen LogP contribution is 2.31. The van der Waals surface area contributed by atoms with Gasteiger partial charge < -0.3 is 10.4 Å². The first-order chi connectivity index (χ1) is 11.8. The molecule has 0 bridgehead atoms. The molecule has 134 valence electrons. The molecule has 0 heterocycles. The summed E-state index contributed by atoms with van der Waals surface area (Å²) in [6, 6.07) is 7.88. The van der Waals surface area contributed by atoms with Gasteiger partial charge in [0.05, 0.1) is 21.8 Å². The van der Waals surface area contributed by atoms with Crippen LogP contribution in [-0.4, -0.2) is 11.0 Å². The molecular formula is C18H17Cl2F2NO2. The summed E-state index contributed by atoms with van der Waals surface area (Å²) >= 11 is 12.0. The van der Waals surface area contributed by atoms with Gasteiger partial charge >= 0.3 is 0 Å². The van der Waals surface area contributed by atoms with E-state index in [9.17, 15) is 18.7 Å². The van der Waals surface area contributed by atoms with Gasteiger partial charge in [-0.05, 0) is 30.5 Å². The molecule has 0 spiro atoms. The van der Waals surface area contributed by atoms with Crippen LogP contribution in [0, 0.1) is 17.6 Å². The predicted molar refractivity (Wildman–Crippen MR) is 94.8 cm³/mol. The van der Waals surface area contributed by atoms with Crippen LogP contribution in [0.15, 0.2) is 36.4 Å². The largest absolute Gasteiger partial charge is 0.388 e. The predicted octanol–water partition coefficient (Wildman–Crippen LogP) is 5.36. The molecule has 0 saturated carbocycles. The minimum absolute atomic E-state index is 0.00320. The number of hydrogen-bond acceptors (Lipinski definition) is 2. The molecule has 0 aromatic heterocycles. The standard InChI is InChI=1S/C18H17Cl2F2NO2/c1-10(18(25)12-7-6-11(21)9-15(12)22)5-8-16(24)23-17-13(19)3-2-4-14(17)20/h2-4,6-7,9-10,18,25H,5,8H2,1H3,(H,23,24). The zero-order valence-corrected chi connectivity index (χ0v) is 14.9. The van der Waals surface area contributed by atoms with Crippen LogP contribution >= 0.6 is 23.2 Å². The quantitative estimate of drug-likeness (QED) is 0.700. The monoisotopic (exact) mass is 387 g/mol. The Balaban J connectivity index is 1.94. The second kappa shape index (κ2) is 8.61. The zero-order chi connectivity index (χ0) is 18.6. The molecule has 0 aliphatic rings. The van der Waals surface area contributed by atoms with E-state index < -0.39 is 23.7 Å². The number of halogens is 4. The third-order valence-corrected chi connectivity index (χ3v) is 4.50. The lowest BCUT2D eigenvalue weighted by Crippen LogP contribution is -2.17. The second-order valence-electron chi connectivity index (χ2n) is 5.77. The Hall–Kier alpha value is -1.69. The third kappa shape index (κ3) is 5.14. The summed E-state index contributed by atoms with van der Waals surface area (Å²) in [5.41, 5.74) is 0.331. The van der Waals surface area contributed by atoms with Crippen molar-refractivity contribution in [2.24, 2.45) is 5.92 Å². The molecule has 0 aliphatic carbocycles. The number of para-hydroxylation sites is 1. The maximum Gasteiger partial charge on any atom is 0.224 e. The van der Waals surface area contributed by atoms with E-state index in [0.29, 0.717) is 22.2 Å². The van der Waals surface area contributed by atoms with Crippen LogP contribution in [0.1, 0.15) is 31.4 Å². The average Bonchev–Trinajstić information content (AvgIpc) is 2.55. The fourth-order valence-electron chi connectivity index (χ4n) is 2.38. The van der Waals surface area contributed by atoms with Gasteiger partial charge in [0.1, 0.15) is 11.6 Å². The SMILES string of the molecule is CC(CCC(=O)Nc1c(Cl)cccc1Cl)C(O)c1ccc(F)cc1F. The number of benzene rings is 2. The van der Waals surface area contributed by atoms with Crippen molar-refractivity contribution in [1.29, 1.82) is 0 Å². The first kappa shape index (κ1) is 19.6. The Labute approximate surface area is 154 Å². The third-order valence-electron chi connectivity index (χ3n) is 3.87. The van der Waals surface area contributed by atoms with Crippen LogP contribution in [0.25, 0.3) is 0 Å². The molecular weight excluding hydrogens is 371 g/mol.